The maximum atomic E-state index is 12.8. The molecule has 2 aliphatic heterocycles. The third-order valence-corrected chi connectivity index (χ3v) is 6.35. The molecular formula is C19H20N4O5S2. The number of nitriles is 1. The molecule has 1 amide bonds. The van der Waals surface area contributed by atoms with Gasteiger partial charge in [-0.15, -0.1) is 0 Å². The first kappa shape index (κ1) is 22.0. The smallest absolute Gasteiger partial charge is 0.305 e. The largest absolute Gasteiger partial charge is 0.481 e. The van der Waals surface area contributed by atoms with Crippen LogP contribution in [0.1, 0.15) is 23.1 Å². The van der Waals surface area contributed by atoms with Crippen LogP contribution >= 0.6 is 24.0 Å². The number of thiocarbonyl (C=S) groups is 1. The van der Waals surface area contributed by atoms with Crippen LogP contribution in [0.5, 0.6) is 0 Å². The van der Waals surface area contributed by atoms with E-state index in [1.165, 1.54) is 9.47 Å². The van der Waals surface area contributed by atoms with E-state index in [4.69, 9.17) is 22.1 Å². The van der Waals surface area contributed by atoms with E-state index < -0.39 is 11.5 Å². The molecule has 3 heterocycles. The van der Waals surface area contributed by atoms with Gasteiger partial charge in [0.05, 0.1) is 24.5 Å². The van der Waals surface area contributed by atoms with Crippen molar-refractivity contribution in [2.45, 2.75) is 13.3 Å². The number of carboxylic acids is 1. The molecule has 0 aromatic carbocycles. The molecule has 3 rings (SSSR count). The number of hydrogen-bond donors (Lipinski definition) is 1. The van der Waals surface area contributed by atoms with Gasteiger partial charge in [0.25, 0.3) is 11.5 Å². The number of hydrogen-bond acceptors (Lipinski definition) is 8. The molecule has 11 heteroatoms. The monoisotopic (exact) mass is 448 g/mol. The molecule has 1 N–H and O–H groups in total. The molecule has 2 aliphatic rings. The number of anilines is 1. The molecule has 1 aromatic heterocycles. The van der Waals surface area contributed by atoms with E-state index in [0.29, 0.717) is 48.2 Å². The Morgan fingerprint density at radius 3 is 2.63 bits per heavy atom. The number of carbonyl (C=O) groups excluding carboxylic acids is 1. The van der Waals surface area contributed by atoms with Gasteiger partial charge in [0.2, 0.25) is 0 Å². The average Bonchev–Trinajstić information content (AvgIpc) is 2.98. The van der Waals surface area contributed by atoms with Gasteiger partial charge in [0.15, 0.2) is 0 Å². The number of morpholine rings is 1. The lowest BCUT2D eigenvalue weighted by Gasteiger charge is -2.32. The van der Waals surface area contributed by atoms with Gasteiger partial charge in [-0.25, -0.2) is 0 Å². The van der Waals surface area contributed by atoms with Gasteiger partial charge in [-0.05, 0) is 18.6 Å². The standard InChI is InChI=1S/C19H20N4O5S2/c1-11-12(9-14-18(27)23(19(29)30-14)4-3-15(24)25)16(22-5-7-28-8-6-22)21(2)17(26)13(11)10-20/h9H,3-8H2,1-2H3,(H,24,25)/b14-9-. The molecule has 0 unspecified atom stereocenters. The average molecular weight is 449 g/mol. The first-order valence-corrected chi connectivity index (χ1v) is 10.4. The summed E-state index contributed by atoms with van der Waals surface area (Å²) in [6.45, 7) is 3.82. The molecule has 30 heavy (non-hydrogen) atoms. The van der Waals surface area contributed by atoms with Crippen molar-refractivity contribution in [2.75, 3.05) is 37.7 Å². The minimum atomic E-state index is -1.02. The van der Waals surface area contributed by atoms with Crippen molar-refractivity contribution in [3.05, 3.63) is 31.9 Å². The van der Waals surface area contributed by atoms with Crippen molar-refractivity contribution >= 4 is 52.1 Å². The number of thioether (sulfide) groups is 1. The number of rotatable bonds is 5. The molecular weight excluding hydrogens is 428 g/mol. The highest BCUT2D eigenvalue weighted by Crippen LogP contribution is 2.35. The Balaban J connectivity index is 2.11. The third kappa shape index (κ3) is 4.12. The van der Waals surface area contributed by atoms with Crippen LogP contribution in [0.2, 0.25) is 0 Å². The van der Waals surface area contributed by atoms with Crippen molar-refractivity contribution in [3.8, 4) is 6.07 Å². The van der Waals surface area contributed by atoms with Crippen molar-refractivity contribution in [1.82, 2.24) is 9.47 Å². The van der Waals surface area contributed by atoms with Crippen LogP contribution in [0.3, 0.4) is 0 Å². The first-order chi connectivity index (χ1) is 14.3. The van der Waals surface area contributed by atoms with Gasteiger partial charge in [-0.3, -0.25) is 23.9 Å². The first-order valence-electron chi connectivity index (χ1n) is 9.19. The van der Waals surface area contributed by atoms with Crippen LogP contribution in [-0.2, 0) is 21.4 Å². The maximum Gasteiger partial charge on any atom is 0.305 e. The van der Waals surface area contributed by atoms with E-state index in [0.717, 1.165) is 11.8 Å². The van der Waals surface area contributed by atoms with E-state index in [2.05, 4.69) is 0 Å². The van der Waals surface area contributed by atoms with Crippen LogP contribution in [0.15, 0.2) is 9.70 Å². The summed E-state index contributed by atoms with van der Waals surface area (Å²) >= 11 is 6.33. The summed E-state index contributed by atoms with van der Waals surface area (Å²) in [6, 6.07) is 1.96. The number of amides is 1. The Bertz CT molecular complexity index is 1050. The zero-order valence-corrected chi connectivity index (χ0v) is 18.1. The van der Waals surface area contributed by atoms with Gasteiger partial charge in [0.1, 0.15) is 21.8 Å². The Kier molecular flexibility index (Phi) is 6.60. The Morgan fingerprint density at radius 2 is 2.03 bits per heavy atom. The van der Waals surface area contributed by atoms with Crippen LogP contribution in [0.25, 0.3) is 6.08 Å². The molecule has 0 saturated carbocycles. The minimum Gasteiger partial charge on any atom is -0.481 e. The molecule has 0 spiro atoms. The Labute approximate surface area is 182 Å². The highest BCUT2D eigenvalue weighted by atomic mass is 32.2. The second kappa shape index (κ2) is 8.99. The molecule has 2 saturated heterocycles. The molecule has 2 fully saturated rings. The van der Waals surface area contributed by atoms with Crippen LogP contribution < -0.4 is 10.5 Å². The summed E-state index contributed by atoms with van der Waals surface area (Å²) in [4.78, 5) is 40.0. The predicted molar refractivity (Wildman–Crippen MR) is 116 cm³/mol. The minimum absolute atomic E-state index is 0.0106. The molecule has 0 atom stereocenters. The fourth-order valence-electron chi connectivity index (χ4n) is 3.40. The van der Waals surface area contributed by atoms with E-state index in [9.17, 15) is 19.6 Å². The molecule has 0 aliphatic carbocycles. The number of carboxylic acid groups (broad SMARTS) is 1. The van der Waals surface area contributed by atoms with Crippen LogP contribution in [-0.4, -0.2) is 63.6 Å². The Hall–Kier alpha value is -2.68. The quantitative estimate of drug-likeness (QED) is 0.522. The molecule has 0 bridgehead atoms. The zero-order chi connectivity index (χ0) is 22.0. The van der Waals surface area contributed by atoms with Crippen molar-refractivity contribution in [2.24, 2.45) is 7.05 Å². The summed E-state index contributed by atoms with van der Waals surface area (Å²) in [5, 5.41) is 18.4. The van der Waals surface area contributed by atoms with Gasteiger partial charge in [-0.1, -0.05) is 24.0 Å². The fourth-order valence-corrected chi connectivity index (χ4v) is 4.69. The molecule has 9 nitrogen and oxygen atoms in total. The SMILES string of the molecule is Cc1c(/C=C2\SC(=S)N(CCC(=O)O)C2=O)c(N2CCOCC2)n(C)c(=O)c1C#N. The van der Waals surface area contributed by atoms with Crippen molar-refractivity contribution < 1.29 is 19.4 Å². The van der Waals surface area contributed by atoms with Crippen LogP contribution in [0, 0.1) is 18.3 Å². The summed E-state index contributed by atoms with van der Waals surface area (Å²) < 4.78 is 7.11. The van der Waals surface area contributed by atoms with Gasteiger partial charge in [-0.2, -0.15) is 5.26 Å². The second-order valence-corrected chi connectivity index (χ2v) is 8.47. The van der Waals surface area contributed by atoms with E-state index in [1.807, 2.05) is 11.0 Å². The number of pyridine rings is 1. The summed E-state index contributed by atoms with van der Waals surface area (Å²) in [5.74, 6) is -0.795. The molecule has 0 radical (unpaired) electrons. The van der Waals surface area contributed by atoms with Crippen LogP contribution in [0.4, 0.5) is 5.82 Å². The Morgan fingerprint density at radius 1 is 1.37 bits per heavy atom. The second-order valence-electron chi connectivity index (χ2n) is 6.79. The topological polar surface area (TPSA) is 116 Å². The lowest BCUT2D eigenvalue weighted by molar-refractivity contribution is -0.137. The van der Waals surface area contributed by atoms with E-state index in [-0.39, 0.29) is 28.8 Å². The number of nitrogens with zero attached hydrogens (tertiary/aromatic N) is 4. The number of carbonyl (C=O) groups is 2. The normalized spacial score (nSPS) is 18.2. The lowest BCUT2D eigenvalue weighted by Crippen LogP contribution is -2.40. The van der Waals surface area contributed by atoms with Crippen molar-refractivity contribution in [3.63, 3.8) is 0 Å². The van der Waals surface area contributed by atoms with Gasteiger partial charge in [0, 0.05) is 32.2 Å². The number of aliphatic carboxylic acids is 1. The van der Waals surface area contributed by atoms with E-state index in [1.54, 1.807) is 20.0 Å². The summed E-state index contributed by atoms with van der Waals surface area (Å²) in [6.07, 6.45) is 1.43. The lowest BCUT2D eigenvalue weighted by atomic mass is 10.0. The zero-order valence-electron chi connectivity index (χ0n) is 16.5. The van der Waals surface area contributed by atoms with Gasteiger partial charge >= 0.3 is 5.97 Å². The maximum absolute atomic E-state index is 12.8. The molecule has 1 aromatic rings. The summed E-state index contributed by atoms with van der Waals surface area (Å²) in [5.41, 5.74) is 0.692. The highest BCUT2D eigenvalue weighted by Gasteiger charge is 2.33. The number of ether oxygens (including phenoxy) is 1. The number of aromatic nitrogens is 1. The predicted octanol–water partition coefficient (Wildman–Crippen LogP) is 1.08. The molecule has 158 valence electrons. The summed E-state index contributed by atoms with van der Waals surface area (Å²) in [7, 11) is 1.60. The van der Waals surface area contributed by atoms with E-state index >= 15 is 0 Å². The third-order valence-electron chi connectivity index (χ3n) is 4.98. The van der Waals surface area contributed by atoms with Gasteiger partial charge < -0.3 is 14.7 Å². The fraction of sp³-hybridized carbons (Fsp3) is 0.421. The highest BCUT2D eigenvalue weighted by molar-refractivity contribution is 8.26. The van der Waals surface area contributed by atoms with Crippen molar-refractivity contribution in [1.29, 1.82) is 5.26 Å².